The Balaban J connectivity index is 3.00. The number of hydrogen-bond acceptors (Lipinski definition) is 4. The van der Waals surface area contributed by atoms with E-state index in [-0.39, 0.29) is 11.1 Å². The second-order valence-electron chi connectivity index (χ2n) is 6.40. The van der Waals surface area contributed by atoms with E-state index in [1.807, 2.05) is 0 Å². The highest BCUT2D eigenvalue weighted by atomic mass is 79.9. The fraction of sp³-hybridized carbons (Fsp3) is 0.600. The lowest BCUT2D eigenvalue weighted by molar-refractivity contribution is 0.0448. The third kappa shape index (κ3) is 7.73. The number of unbranched alkanes of at least 4 members (excludes halogenated alkanes) is 6. The van der Waals surface area contributed by atoms with Gasteiger partial charge in [0.1, 0.15) is 0 Å². The van der Waals surface area contributed by atoms with Crippen molar-refractivity contribution in [2.45, 2.75) is 65.2 Å². The summed E-state index contributed by atoms with van der Waals surface area (Å²) in [5.41, 5.74) is 0.326. The predicted molar refractivity (Wildman–Crippen MR) is 126 cm³/mol. The summed E-state index contributed by atoms with van der Waals surface area (Å²) in [4.78, 5) is 25.5. The van der Waals surface area contributed by atoms with Crippen LogP contribution in [0.3, 0.4) is 0 Å². The number of rotatable bonds is 12. The Morgan fingerprint density at radius 2 is 0.964 bits per heavy atom. The van der Waals surface area contributed by atoms with Crippen LogP contribution in [0.4, 0.5) is 0 Å². The molecular weight excluding hydrogens is 624 g/mol. The van der Waals surface area contributed by atoms with Crippen LogP contribution in [0.2, 0.25) is 0 Å². The molecule has 0 unspecified atom stereocenters. The van der Waals surface area contributed by atoms with Crippen molar-refractivity contribution in [1.29, 1.82) is 0 Å². The van der Waals surface area contributed by atoms with Gasteiger partial charge in [-0.3, -0.25) is 0 Å². The zero-order chi connectivity index (χ0) is 21.1. The molecule has 4 nitrogen and oxygen atoms in total. The SMILES string of the molecule is CCCCCCOC(=O)c1c(Br)c(Br)c(Br)c(Br)c1C(=O)OCCCCCC. The molecule has 1 aromatic rings. The van der Waals surface area contributed by atoms with Gasteiger partial charge in [0, 0.05) is 17.9 Å². The lowest BCUT2D eigenvalue weighted by atomic mass is 10.1. The second-order valence-corrected chi connectivity index (χ2v) is 9.57. The quantitative estimate of drug-likeness (QED) is 0.0991. The van der Waals surface area contributed by atoms with E-state index in [1.165, 1.54) is 0 Å². The molecule has 1 rings (SSSR count). The fourth-order valence-electron chi connectivity index (χ4n) is 2.55. The van der Waals surface area contributed by atoms with Crippen molar-refractivity contribution < 1.29 is 19.1 Å². The molecule has 0 aliphatic rings. The Kier molecular flexibility index (Phi) is 13.2. The highest BCUT2D eigenvalue weighted by molar-refractivity contribution is 9.15. The van der Waals surface area contributed by atoms with Crippen molar-refractivity contribution in [3.8, 4) is 0 Å². The molecule has 0 aliphatic carbocycles. The topological polar surface area (TPSA) is 52.6 Å². The monoisotopic (exact) mass is 646 g/mol. The molecule has 158 valence electrons. The molecule has 28 heavy (non-hydrogen) atoms. The Bertz CT molecular complexity index is 620. The van der Waals surface area contributed by atoms with Crippen LogP contribution in [0.1, 0.15) is 85.9 Å². The third-order valence-corrected chi connectivity index (χ3v) is 8.91. The standard InChI is InChI=1S/C20H26Br4O4/c1-3-5-7-9-11-27-19(25)13-14(16(22)18(24)17(23)15(13)21)20(26)28-12-10-8-6-4-2/h3-12H2,1-2H3. The molecule has 0 N–H and O–H groups in total. The molecule has 0 amide bonds. The normalized spacial score (nSPS) is 10.8. The number of carbonyl (C=O) groups excluding carboxylic acids is 2. The maximum atomic E-state index is 12.7. The number of ether oxygens (including phenoxy) is 2. The van der Waals surface area contributed by atoms with Gasteiger partial charge < -0.3 is 9.47 Å². The lowest BCUT2D eigenvalue weighted by Gasteiger charge is -2.16. The van der Waals surface area contributed by atoms with Gasteiger partial charge in [-0.05, 0) is 76.6 Å². The van der Waals surface area contributed by atoms with Gasteiger partial charge >= 0.3 is 11.9 Å². The van der Waals surface area contributed by atoms with Gasteiger partial charge in [0.05, 0.1) is 24.3 Å². The van der Waals surface area contributed by atoms with E-state index < -0.39 is 11.9 Å². The van der Waals surface area contributed by atoms with Gasteiger partial charge in [0.15, 0.2) is 0 Å². The highest BCUT2D eigenvalue weighted by Gasteiger charge is 2.29. The minimum absolute atomic E-state index is 0.163. The molecule has 0 saturated heterocycles. The van der Waals surface area contributed by atoms with Crippen LogP contribution in [0, 0.1) is 0 Å². The number of benzene rings is 1. The molecule has 0 aliphatic heterocycles. The van der Waals surface area contributed by atoms with Gasteiger partial charge in [-0.25, -0.2) is 9.59 Å². The summed E-state index contributed by atoms with van der Waals surface area (Å²) in [6, 6.07) is 0. The van der Waals surface area contributed by atoms with Gasteiger partial charge in [-0.2, -0.15) is 0 Å². The molecule has 0 atom stereocenters. The molecular formula is C20H26Br4O4. The molecule has 0 saturated carbocycles. The molecule has 1 aromatic carbocycles. The molecule has 0 fully saturated rings. The average Bonchev–Trinajstić information content (AvgIpc) is 2.68. The van der Waals surface area contributed by atoms with Crippen molar-refractivity contribution in [3.05, 3.63) is 29.0 Å². The molecule has 0 radical (unpaired) electrons. The van der Waals surface area contributed by atoms with Gasteiger partial charge in [-0.1, -0.05) is 52.4 Å². The minimum atomic E-state index is -0.546. The largest absolute Gasteiger partial charge is 0.462 e. The molecule has 0 aromatic heterocycles. The number of halogens is 4. The second kappa shape index (κ2) is 14.1. The summed E-state index contributed by atoms with van der Waals surface area (Å²) in [7, 11) is 0. The van der Waals surface area contributed by atoms with Crippen LogP contribution in [0.5, 0.6) is 0 Å². The van der Waals surface area contributed by atoms with Crippen molar-refractivity contribution in [2.75, 3.05) is 13.2 Å². The lowest BCUT2D eigenvalue weighted by Crippen LogP contribution is -2.17. The molecule has 0 bridgehead atoms. The summed E-state index contributed by atoms with van der Waals surface area (Å²) in [6.07, 6.45) is 8.04. The third-order valence-electron chi connectivity index (χ3n) is 4.14. The van der Waals surface area contributed by atoms with E-state index in [4.69, 9.17) is 9.47 Å². The number of hydrogen-bond donors (Lipinski definition) is 0. The Labute approximate surface area is 201 Å². The van der Waals surface area contributed by atoms with Crippen molar-refractivity contribution >= 4 is 75.7 Å². The Hall–Kier alpha value is 0.0800. The first kappa shape index (κ1) is 26.1. The number of esters is 2. The van der Waals surface area contributed by atoms with E-state index in [9.17, 15) is 9.59 Å². The summed E-state index contributed by atoms with van der Waals surface area (Å²) in [6.45, 7) is 4.89. The van der Waals surface area contributed by atoms with E-state index in [1.54, 1.807) is 0 Å². The Morgan fingerprint density at radius 3 is 1.29 bits per heavy atom. The van der Waals surface area contributed by atoms with E-state index >= 15 is 0 Å². The summed E-state index contributed by atoms with van der Waals surface area (Å²) in [5, 5.41) is 0. The molecule has 8 heteroatoms. The van der Waals surface area contributed by atoms with Gasteiger partial charge in [-0.15, -0.1) is 0 Å². The van der Waals surface area contributed by atoms with E-state index in [0.29, 0.717) is 31.1 Å². The zero-order valence-corrected chi connectivity index (χ0v) is 22.6. The van der Waals surface area contributed by atoms with E-state index in [0.717, 1.165) is 51.4 Å². The fourth-order valence-corrected chi connectivity index (χ4v) is 4.99. The van der Waals surface area contributed by atoms with Crippen molar-refractivity contribution in [2.24, 2.45) is 0 Å². The minimum Gasteiger partial charge on any atom is -0.462 e. The van der Waals surface area contributed by atoms with Crippen LogP contribution in [-0.4, -0.2) is 25.2 Å². The van der Waals surface area contributed by atoms with Crippen LogP contribution in [0.25, 0.3) is 0 Å². The maximum absolute atomic E-state index is 12.7. The average molecular weight is 650 g/mol. The van der Waals surface area contributed by atoms with E-state index in [2.05, 4.69) is 77.6 Å². The van der Waals surface area contributed by atoms with Gasteiger partial charge in [0.2, 0.25) is 0 Å². The summed E-state index contributed by atoms with van der Waals surface area (Å²) < 4.78 is 13.0. The van der Waals surface area contributed by atoms with Crippen LogP contribution < -0.4 is 0 Å². The maximum Gasteiger partial charge on any atom is 0.340 e. The summed E-state index contributed by atoms with van der Waals surface area (Å²) >= 11 is 13.7. The first-order valence-electron chi connectivity index (χ1n) is 9.56. The first-order chi connectivity index (χ1) is 13.4. The van der Waals surface area contributed by atoms with Crippen LogP contribution in [-0.2, 0) is 9.47 Å². The van der Waals surface area contributed by atoms with Crippen LogP contribution in [0.15, 0.2) is 17.9 Å². The molecule has 0 heterocycles. The van der Waals surface area contributed by atoms with Crippen molar-refractivity contribution in [1.82, 2.24) is 0 Å². The Morgan fingerprint density at radius 1 is 0.607 bits per heavy atom. The summed E-state index contributed by atoms with van der Waals surface area (Å²) in [5.74, 6) is -1.09. The smallest absolute Gasteiger partial charge is 0.340 e. The zero-order valence-electron chi connectivity index (χ0n) is 16.2. The van der Waals surface area contributed by atoms with Gasteiger partial charge in [0.25, 0.3) is 0 Å². The van der Waals surface area contributed by atoms with Crippen molar-refractivity contribution in [3.63, 3.8) is 0 Å². The molecule has 0 spiro atoms. The first-order valence-corrected chi connectivity index (χ1v) is 12.7. The van der Waals surface area contributed by atoms with Crippen LogP contribution >= 0.6 is 63.7 Å². The highest BCUT2D eigenvalue weighted by Crippen LogP contribution is 2.42. The predicted octanol–water partition coefficient (Wildman–Crippen LogP) is 8.21. The number of carbonyl (C=O) groups is 2.